The van der Waals surface area contributed by atoms with Gasteiger partial charge in [-0.25, -0.2) is 4.79 Å². The van der Waals surface area contributed by atoms with Crippen molar-refractivity contribution in [2.24, 2.45) is 0 Å². The molecule has 8 heteroatoms. The van der Waals surface area contributed by atoms with E-state index in [-0.39, 0.29) is 24.4 Å². The molecule has 1 aromatic rings. The zero-order chi connectivity index (χ0) is 15.1. The van der Waals surface area contributed by atoms with Crippen LogP contribution in [0.25, 0.3) is 0 Å². The maximum Gasteiger partial charge on any atom is 0.326 e. The summed E-state index contributed by atoms with van der Waals surface area (Å²) in [7, 11) is 2.85. The average Bonchev–Trinajstić information content (AvgIpc) is 2.42. The van der Waals surface area contributed by atoms with E-state index in [2.05, 4.69) is 5.32 Å². The van der Waals surface area contributed by atoms with Crippen molar-refractivity contribution in [2.45, 2.75) is 12.5 Å². The molecule has 0 aliphatic heterocycles. The monoisotopic (exact) mass is 284 g/mol. The Morgan fingerprint density at radius 1 is 1.50 bits per heavy atom. The molecule has 0 bridgehead atoms. The highest BCUT2D eigenvalue weighted by Gasteiger charge is 2.22. The number of methoxy groups -OCH3 is 2. The molecular formula is C12H16N2O6. The van der Waals surface area contributed by atoms with E-state index in [0.29, 0.717) is 5.75 Å². The quantitative estimate of drug-likeness (QED) is 0.549. The third-order valence-corrected chi connectivity index (χ3v) is 2.64. The van der Waals surface area contributed by atoms with Crippen LogP contribution in [0.5, 0.6) is 5.75 Å². The number of anilines is 1. The number of nitro benzene ring substituents is 1. The van der Waals surface area contributed by atoms with Gasteiger partial charge < -0.3 is 19.9 Å². The molecule has 1 aromatic carbocycles. The van der Waals surface area contributed by atoms with Crippen molar-refractivity contribution in [1.82, 2.24) is 0 Å². The normalized spacial score (nSPS) is 11.7. The fourth-order valence-electron chi connectivity index (χ4n) is 1.59. The molecule has 1 unspecified atom stereocenters. The van der Waals surface area contributed by atoms with Crippen LogP contribution in [0.3, 0.4) is 0 Å². The number of carboxylic acids is 1. The number of ether oxygens (including phenoxy) is 2. The predicted octanol–water partition coefficient (Wildman–Crippen LogP) is 1.50. The van der Waals surface area contributed by atoms with E-state index in [4.69, 9.17) is 14.6 Å². The van der Waals surface area contributed by atoms with Crippen LogP contribution in [0, 0.1) is 10.1 Å². The number of carbonyl (C=O) groups is 1. The van der Waals surface area contributed by atoms with Gasteiger partial charge in [0.2, 0.25) is 0 Å². The first-order valence-electron chi connectivity index (χ1n) is 5.80. The number of hydrogen-bond donors (Lipinski definition) is 2. The number of nitrogens with zero attached hydrogens (tertiary/aromatic N) is 1. The zero-order valence-electron chi connectivity index (χ0n) is 11.2. The maximum atomic E-state index is 11.1. The van der Waals surface area contributed by atoms with Crippen molar-refractivity contribution in [3.8, 4) is 5.75 Å². The molecular weight excluding hydrogens is 268 g/mol. The number of benzene rings is 1. The molecule has 0 aromatic heterocycles. The van der Waals surface area contributed by atoms with Gasteiger partial charge in [0.1, 0.15) is 17.5 Å². The summed E-state index contributed by atoms with van der Waals surface area (Å²) in [6, 6.07) is 3.20. The molecule has 0 aliphatic rings. The Bertz CT molecular complexity index is 491. The highest BCUT2D eigenvalue weighted by atomic mass is 16.6. The highest BCUT2D eigenvalue weighted by Crippen LogP contribution is 2.29. The van der Waals surface area contributed by atoms with Crippen LogP contribution < -0.4 is 10.1 Å². The zero-order valence-corrected chi connectivity index (χ0v) is 11.2. The van der Waals surface area contributed by atoms with E-state index >= 15 is 0 Å². The lowest BCUT2D eigenvalue weighted by molar-refractivity contribution is -0.384. The van der Waals surface area contributed by atoms with Crippen LogP contribution in [0.4, 0.5) is 11.4 Å². The third kappa shape index (κ3) is 4.09. The molecule has 0 saturated carbocycles. The molecule has 1 rings (SSSR count). The van der Waals surface area contributed by atoms with Crippen LogP contribution in [0.2, 0.25) is 0 Å². The largest absolute Gasteiger partial charge is 0.496 e. The molecule has 0 heterocycles. The molecule has 0 saturated heterocycles. The van der Waals surface area contributed by atoms with Crippen LogP contribution >= 0.6 is 0 Å². The minimum Gasteiger partial charge on any atom is -0.496 e. The average molecular weight is 284 g/mol. The van der Waals surface area contributed by atoms with Gasteiger partial charge in [0, 0.05) is 20.1 Å². The van der Waals surface area contributed by atoms with Crippen molar-refractivity contribution in [2.75, 3.05) is 26.1 Å². The van der Waals surface area contributed by atoms with Gasteiger partial charge in [-0.2, -0.15) is 0 Å². The molecule has 0 fully saturated rings. The second-order valence-electron chi connectivity index (χ2n) is 3.96. The summed E-state index contributed by atoms with van der Waals surface area (Å²) in [6.45, 7) is 0.230. The Morgan fingerprint density at radius 3 is 2.70 bits per heavy atom. The number of nitrogens with one attached hydrogen (secondary N) is 1. The smallest absolute Gasteiger partial charge is 0.326 e. The van der Waals surface area contributed by atoms with Gasteiger partial charge in [-0.1, -0.05) is 0 Å². The molecule has 20 heavy (non-hydrogen) atoms. The van der Waals surface area contributed by atoms with Gasteiger partial charge in [-0.3, -0.25) is 10.1 Å². The molecule has 110 valence electrons. The van der Waals surface area contributed by atoms with E-state index in [1.54, 1.807) is 0 Å². The van der Waals surface area contributed by atoms with Crippen molar-refractivity contribution in [3.63, 3.8) is 0 Å². The fraction of sp³-hybridized carbons (Fsp3) is 0.417. The summed E-state index contributed by atoms with van der Waals surface area (Å²) < 4.78 is 9.73. The Labute approximate surface area is 115 Å². The molecule has 0 spiro atoms. The first-order valence-corrected chi connectivity index (χ1v) is 5.80. The van der Waals surface area contributed by atoms with Crippen LogP contribution in [0.1, 0.15) is 6.42 Å². The Hall–Kier alpha value is -2.35. The molecule has 8 nitrogen and oxygen atoms in total. The summed E-state index contributed by atoms with van der Waals surface area (Å²) in [5.41, 5.74) is -0.118. The standard InChI is InChI=1S/C12H16N2O6/c1-19-6-5-10(12(15)16)13-9-4-3-8(20-2)7-11(9)14(17)18/h3-4,7,10,13H,5-6H2,1-2H3,(H,15,16). The second kappa shape index (κ2) is 7.29. The summed E-state index contributed by atoms with van der Waals surface area (Å²) in [4.78, 5) is 21.5. The highest BCUT2D eigenvalue weighted by molar-refractivity contribution is 5.79. The Balaban J connectivity index is 2.99. The molecule has 0 radical (unpaired) electrons. The first-order chi connectivity index (χ1) is 9.49. The van der Waals surface area contributed by atoms with Crippen molar-refractivity contribution in [1.29, 1.82) is 0 Å². The van der Waals surface area contributed by atoms with Gasteiger partial charge in [0.25, 0.3) is 5.69 Å². The molecule has 0 amide bonds. The third-order valence-electron chi connectivity index (χ3n) is 2.64. The van der Waals surface area contributed by atoms with E-state index in [1.807, 2.05) is 0 Å². The van der Waals surface area contributed by atoms with Crippen LogP contribution in [-0.4, -0.2) is 42.9 Å². The fourth-order valence-corrected chi connectivity index (χ4v) is 1.59. The Kier molecular flexibility index (Phi) is 5.73. The number of carboxylic acid groups (broad SMARTS) is 1. The summed E-state index contributed by atoms with van der Waals surface area (Å²) in [6.07, 6.45) is 0.190. The van der Waals surface area contributed by atoms with E-state index in [1.165, 1.54) is 32.4 Å². The number of rotatable bonds is 8. The SMILES string of the molecule is COCCC(Nc1ccc(OC)cc1[N+](=O)[O-])C(=O)O. The topological polar surface area (TPSA) is 111 Å². The van der Waals surface area contributed by atoms with Crippen LogP contribution in [0.15, 0.2) is 18.2 Å². The predicted molar refractivity (Wildman–Crippen MR) is 71.2 cm³/mol. The summed E-state index contributed by atoms with van der Waals surface area (Å²) >= 11 is 0. The first kappa shape index (κ1) is 15.7. The molecule has 1 atom stereocenters. The Morgan fingerprint density at radius 2 is 2.20 bits per heavy atom. The lowest BCUT2D eigenvalue weighted by atomic mass is 10.2. The van der Waals surface area contributed by atoms with E-state index in [0.717, 1.165) is 0 Å². The number of nitro groups is 1. The van der Waals surface area contributed by atoms with Gasteiger partial charge in [-0.05, 0) is 12.1 Å². The number of hydrogen-bond acceptors (Lipinski definition) is 6. The maximum absolute atomic E-state index is 11.1. The number of aliphatic carboxylic acids is 1. The lowest BCUT2D eigenvalue weighted by Gasteiger charge is -2.15. The van der Waals surface area contributed by atoms with Crippen LogP contribution in [-0.2, 0) is 9.53 Å². The molecule has 2 N–H and O–H groups in total. The second-order valence-corrected chi connectivity index (χ2v) is 3.96. The minimum absolute atomic E-state index is 0.124. The van der Waals surface area contributed by atoms with Gasteiger partial charge >= 0.3 is 5.97 Å². The van der Waals surface area contributed by atoms with Gasteiger partial charge in [0.15, 0.2) is 0 Å². The van der Waals surface area contributed by atoms with Crippen molar-refractivity contribution < 1.29 is 24.3 Å². The van der Waals surface area contributed by atoms with Gasteiger partial charge in [-0.15, -0.1) is 0 Å². The van der Waals surface area contributed by atoms with E-state index in [9.17, 15) is 14.9 Å². The van der Waals surface area contributed by atoms with Crippen molar-refractivity contribution >= 4 is 17.3 Å². The van der Waals surface area contributed by atoms with Crippen molar-refractivity contribution in [3.05, 3.63) is 28.3 Å². The van der Waals surface area contributed by atoms with E-state index < -0.39 is 16.9 Å². The minimum atomic E-state index is -1.10. The lowest BCUT2D eigenvalue weighted by Crippen LogP contribution is -2.30. The summed E-state index contributed by atoms with van der Waals surface area (Å²) in [5, 5.41) is 22.7. The summed E-state index contributed by atoms with van der Waals surface area (Å²) in [5.74, 6) is -0.779. The van der Waals surface area contributed by atoms with Gasteiger partial charge in [0.05, 0.1) is 18.1 Å². The molecule has 0 aliphatic carbocycles.